The highest BCUT2D eigenvalue weighted by Crippen LogP contribution is 2.19. The number of H-pyrrole nitrogens is 1. The van der Waals surface area contributed by atoms with Crippen molar-refractivity contribution in [1.29, 1.82) is 0 Å². The second-order valence-electron chi connectivity index (χ2n) is 7.93. The van der Waals surface area contributed by atoms with E-state index in [0.717, 1.165) is 21.3 Å². The minimum absolute atomic E-state index is 0.154. The van der Waals surface area contributed by atoms with E-state index in [0.29, 0.717) is 12.8 Å². The average Bonchev–Trinajstić information content (AvgIpc) is 3.42. The molecule has 2 aromatic heterocycles. The zero-order chi connectivity index (χ0) is 22.4. The fourth-order valence-corrected chi connectivity index (χ4v) is 4.20. The van der Waals surface area contributed by atoms with Gasteiger partial charge in [0.25, 0.3) is 0 Å². The van der Waals surface area contributed by atoms with Gasteiger partial charge < -0.3 is 21.4 Å². The Morgan fingerprint density at radius 1 is 1.13 bits per heavy atom. The number of aromatic amines is 1. The van der Waals surface area contributed by atoms with E-state index in [4.69, 9.17) is 5.73 Å². The highest BCUT2D eigenvalue weighted by molar-refractivity contribution is 7.10. The Morgan fingerprint density at radius 2 is 1.90 bits per heavy atom. The Hall–Kier alpha value is -2.97. The van der Waals surface area contributed by atoms with Crippen LogP contribution in [0.2, 0.25) is 0 Å². The van der Waals surface area contributed by atoms with Crippen molar-refractivity contribution in [3.63, 3.8) is 0 Å². The fourth-order valence-electron chi connectivity index (χ4n) is 3.48. The molecule has 1 aromatic carbocycles. The Bertz CT molecular complexity index is 1030. The summed E-state index contributed by atoms with van der Waals surface area (Å²) in [4.78, 5) is 41.0. The fraction of sp³-hybridized carbons (Fsp3) is 0.348. The van der Waals surface area contributed by atoms with E-state index < -0.39 is 29.9 Å². The Balaban J connectivity index is 1.68. The van der Waals surface area contributed by atoms with E-state index >= 15 is 0 Å². The van der Waals surface area contributed by atoms with E-state index in [1.165, 1.54) is 11.3 Å². The third kappa shape index (κ3) is 5.80. The molecule has 3 rings (SSSR count). The van der Waals surface area contributed by atoms with Gasteiger partial charge in [-0.1, -0.05) is 38.1 Å². The van der Waals surface area contributed by atoms with Crippen molar-refractivity contribution in [3.8, 4) is 0 Å². The van der Waals surface area contributed by atoms with E-state index in [2.05, 4.69) is 15.6 Å². The lowest BCUT2D eigenvalue weighted by Gasteiger charge is -2.23. The maximum Gasteiger partial charge on any atom is 0.243 e. The maximum atomic E-state index is 12.9. The smallest absolute Gasteiger partial charge is 0.243 e. The van der Waals surface area contributed by atoms with Gasteiger partial charge in [-0.25, -0.2) is 0 Å². The lowest BCUT2D eigenvalue weighted by molar-refractivity contribution is -0.130. The number of fused-ring (bicyclic) bond motifs is 1. The predicted octanol–water partition coefficient (Wildman–Crippen LogP) is 2.60. The van der Waals surface area contributed by atoms with Gasteiger partial charge in [0.2, 0.25) is 18.1 Å². The third-order valence-electron chi connectivity index (χ3n) is 5.03. The van der Waals surface area contributed by atoms with Crippen molar-refractivity contribution in [3.05, 3.63) is 58.4 Å². The molecule has 163 valence electrons. The number of nitrogens with two attached hydrogens (primary N) is 1. The topological polar surface area (TPSA) is 117 Å². The van der Waals surface area contributed by atoms with Gasteiger partial charge in [-0.2, -0.15) is 0 Å². The molecule has 0 aliphatic heterocycles. The molecule has 0 aliphatic rings. The van der Waals surface area contributed by atoms with Gasteiger partial charge in [0.1, 0.15) is 12.1 Å². The van der Waals surface area contributed by atoms with Crippen LogP contribution >= 0.6 is 11.3 Å². The molecule has 2 heterocycles. The zero-order valence-corrected chi connectivity index (χ0v) is 18.4. The number of benzene rings is 1. The number of carbonyl (C=O) groups is 2. The van der Waals surface area contributed by atoms with Crippen LogP contribution in [0.5, 0.6) is 0 Å². The van der Waals surface area contributed by atoms with Crippen LogP contribution < -0.4 is 16.4 Å². The van der Waals surface area contributed by atoms with Crippen molar-refractivity contribution >= 4 is 40.3 Å². The number of nitrogens with one attached hydrogen (secondary N) is 3. The van der Waals surface area contributed by atoms with Gasteiger partial charge in [0, 0.05) is 28.4 Å². The summed E-state index contributed by atoms with van der Waals surface area (Å²) >= 11 is 1.39. The molecule has 31 heavy (non-hydrogen) atoms. The zero-order valence-electron chi connectivity index (χ0n) is 17.6. The highest BCUT2D eigenvalue weighted by Gasteiger charge is 2.27. The predicted molar refractivity (Wildman–Crippen MR) is 122 cm³/mol. The third-order valence-corrected chi connectivity index (χ3v) is 5.99. The molecule has 3 aromatic rings. The van der Waals surface area contributed by atoms with E-state index in [-0.39, 0.29) is 5.92 Å². The van der Waals surface area contributed by atoms with Crippen LogP contribution in [-0.4, -0.2) is 35.2 Å². The Kier molecular flexibility index (Phi) is 7.59. The second-order valence-corrected chi connectivity index (χ2v) is 8.91. The number of carbonyl (C=O) groups excluding carboxylic acids is 3. The summed E-state index contributed by atoms with van der Waals surface area (Å²) in [6.45, 7) is 3.92. The van der Waals surface area contributed by atoms with Crippen molar-refractivity contribution in [2.24, 2.45) is 11.7 Å². The van der Waals surface area contributed by atoms with Gasteiger partial charge >= 0.3 is 0 Å². The molecule has 2 amide bonds. The van der Waals surface area contributed by atoms with E-state index in [1.54, 1.807) is 6.07 Å². The van der Waals surface area contributed by atoms with Crippen molar-refractivity contribution in [1.82, 2.24) is 15.6 Å². The number of thiophene rings is 1. The molecule has 0 saturated carbocycles. The number of hydrogen-bond acceptors (Lipinski definition) is 5. The molecule has 0 fully saturated rings. The van der Waals surface area contributed by atoms with Crippen molar-refractivity contribution in [2.75, 3.05) is 0 Å². The monoisotopic (exact) mass is 439 g/mol. The summed E-state index contributed by atoms with van der Waals surface area (Å²) in [7, 11) is 0. The van der Waals surface area contributed by atoms with Crippen LogP contribution in [0.3, 0.4) is 0 Å². The SMILES string of the molecule is CC(C)C[C@H](NC(=O)C(N)c1cccs1)C(=O)N[C@@H]([C]=O)Cc1c[nH]c2ccccc12. The molecule has 1 unspecified atom stereocenters. The maximum absolute atomic E-state index is 12.9. The quantitative estimate of drug-likeness (QED) is 0.388. The largest absolute Gasteiger partial charge is 0.361 e. The summed E-state index contributed by atoms with van der Waals surface area (Å²) in [5, 5.41) is 8.31. The minimum atomic E-state index is -0.845. The number of para-hydroxylation sites is 1. The van der Waals surface area contributed by atoms with Crippen molar-refractivity contribution in [2.45, 2.75) is 44.8 Å². The number of rotatable bonds is 10. The normalized spacial score (nSPS) is 14.2. The highest BCUT2D eigenvalue weighted by atomic mass is 32.1. The molecular weight excluding hydrogens is 412 g/mol. The van der Waals surface area contributed by atoms with Gasteiger partial charge in [0.15, 0.2) is 0 Å². The van der Waals surface area contributed by atoms with Gasteiger partial charge in [-0.15, -0.1) is 11.3 Å². The molecule has 1 radical (unpaired) electrons. The standard InChI is InChI=1S/C23H27N4O3S/c1-14(2)10-19(27-23(30)21(24)20-8-5-9-31-20)22(29)26-16(13-28)11-15-12-25-18-7-4-3-6-17(15)18/h3-9,12,14,16,19,21,25H,10-11,24H2,1-2H3,(H,26,29)(H,27,30)/t16-,19+,21?/m1/s1. The van der Waals surface area contributed by atoms with Gasteiger partial charge in [-0.05, 0) is 35.4 Å². The summed E-state index contributed by atoms with van der Waals surface area (Å²) in [5.74, 6) is -0.693. The minimum Gasteiger partial charge on any atom is -0.361 e. The van der Waals surface area contributed by atoms with Gasteiger partial charge in [-0.3, -0.25) is 14.4 Å². The number of hydrogen-bond donors (Lipinski definition) is 4. The number of amides is 2. The molecule has 0 spiro atoms. The van der Waals surface area contributed by atoms with Gasteiger partial charge in [0.05, 0.1) is 6.04 Å². The van der Waals surface area contributed by atoms with Crippen LogP contribution in [0.15, 0.2) is 48.0 Å². The first kappa shape index (κ1) is 22.7. The first-order chi connectivity index (χ1) is 14.9. The Labute approximate surface area is 185 Å². The van der Waals surface area contributed by atoms with Crippen LogP contribution in [0, 0.1) is 5.92 Å². The molecular formula is C23H27N4O3S. The molecule has 0 saturated heterocycles. The van der Waals surface area contributed by atoms with E-state index in [1.807, 2.05) is 62.0 Å². The first-order valence-corrected chi connectivity index (χ1v) is 11.1. The van der Waals surface area contributed by atoms with Crippen LogP contribution in [0.4, 0.5) is 0 Å². The van der Waals surface area contributed by atoms with Crippen LogP contribution in [-0.2, 0) is 20.8 Å². The lowest BCUT2D eigenvalue weighted by atomic mass is 10.0. The van der Waals surface area contributed by atoms with E-state index in [9.17, 15) is 14.4 Å². The van der Waals surface area contributed by atoms with Crippen molar-refractivity contribution < 1.29 is 14.4 Å². The summed E-state index contributed by atoms with van der Waals surface area (Å²) in [6, 6.07) is 8.88. The lowest BCUT2D eigenvalue weighted by Crippen LogP contribution is -2.52. The first-order valence-electron chi connectivity index (χ1n) is 10.2. The molecule has 8 heteroatoms. The van der Waals surface area contributed by atoms with Crippen LogP contribution in [0.1, 0.15) is 36.8 Å². The summed E-state index contributed by atoms with van der Waals surface area (Å²) < 4.78 is 0. The molecule has 0 aliphatic carbocycles. The molecule has 0 bridgehead atoms. The summed E-state index contributed by atoms with van der Waals surface area (Å²) in [6.07, 6.45) is 4.46. The molecule has 7 nitrogen and oxygen atoms in total. The molecule has 5 N–H and O–H groups in total. The second kappa shape index (κ2) is 10.4. The number of aromatic nitrogens is 1. The average molecular weight is 440 g/mol. The Morgan fingerprint density at radius 3 is 2.58 bits per heavy atom. The summed E-state index contributed by atoms with van der Waals surface area (Å²) in [5.41, 5.74) is 7.90. The van der Waals surface area contributed by atoms with Crippen LogP contribution in [0.25, 0.3) is 10.9 Å². The molecule has 3 atom stereocenters.